The lowest BCUT2D eigenvalue weighted by Gasteiger charge is -2.31. The molecule has 0 bridgehead atoms. The highest BCUT2D eigenvalue weighted by Gasteiger charge is 2.23. The molecule has 1 aliphatic rings. The van der Waals surface area contributed by atoms with Crippen LogP contribution in [0.25, 0.3) is 0 Å². The van der Waals surface area contributed by atoms with Gasteiger partial charge in [-0.1, -0.05) is 6.92 Å². The fourth-order valence-electron chi connectivity index (χ4n) is 2.86. The first kappa shape index (κ1) is 14.9. The van der Waals surface area contributed by atoms with Crippen LogP contribution >= 0.6 is 0 Å². The molecule has 1 aliphatic heterocycles. The average Bonchev–Trinajstić information content (AvgIpc) is 3.09. The second-order valence-corrected chi connectivity index (χ2v) is 5.79. The smallest absolute Gasteiger partial charge is 0.222 e. The maximum Gasteiger partial charge on any atom is 0.222 e. The monoisotopic (exact) mass is 301 g/mol. The quantitative estimate of drug-likeness (QED) is 0.846. The molecule has 118 valence electrons. The molecule has 0 saturated carbocycles. The maximum absolute atomic E-state index is 4.37. The number of anilines is 1. The van der Waals surface area contributed by atoms with E-state index in [0.29, 0.717) is 11.9 Å². The molecular formula is C15H23N7. The Bertz CT molecular complexity index is 552. The van der Waals surface area contributed by atoms with Gasteiger partial charge in [-0.3, -0.25) is 10.00 Å². The Labute approximate surface area is 130 Å². The van der Waals surface area contributed by atoms with Gasteiger partial charge in [-0.2, -0.15) is 5.10 Å². The molecule has 0 spiro atoms. The van der Waals surface area contributed by atoms with Crippen LogP contribution in [-0.4, -0.2) is 49.7 Å². The Morgan fingerprint density at radius 2 is 2.18 bits per heavy atom. The third-order valence-corrected chi connectivity index (χ3v) is 3.97. The molecule has 0 aromatic carbocycles. The second-order valence-electron chi connectivity index (χ2n) is 5.79. The fourth-order valence-corrected chi connectivity index (χ4v) is 2.86. The number of hydrogen-bond donors (Lipinski definition) is 2. The number of nitrogens with one attached hydrogen (secondary N) is 2. The number of nitrogens with zero attached hydrogens (tertiary/aromatic N) is 5. The van der Waals surface area contributed by atoms with E-state index in [1.807, 2.05) is 12.4 Å². The lowest BCUT2D eigenvalue weighted by atomic mass is 9.97. The van der Waals surface area contributed by atoms with Crippen molar-refractivity contribution in [3.8, 4) is 0 Å². The van der Waals surface area contributed by atoms with Crippen LogP contribution in [0, 0.1) is 0 Å². The van der Waals surface area contributed by atoms with Gasteiger partial charge in [0.25, 0.3) is 0 Å². The molecule has 1 atom stereocenters. The van der Waals surface area contributed by atoms with Crippen molar-refractivity contribution in [3.63, 3.8) is 0 Å². The van der Waals surface area contributed by atoms with Gasteiger partial charge in [-0.05, 0) is 25.8 Å². The first-order valence-electron chi connectivity index (χ1n) is 7.97. The lowest BCUT2D eigenvalue weighted by Crippen LogP contribution is -2.34. The SMILES string of the molecule is CCCNc1ncc(CN2CCC[C@@H](c3ncn[nH]3)C2)cn1. The number of aromatic nitrogens is 5. The summed E-state index contributed by atoms with van der Waals surface area (Å²) in [5.74, 6) is 2.16. The molecule has 0 aliphatic carbocycles. The van der Waals surface area contributed by atoms with Crippen LogP contribution in [0.15, 0.2) is 18.7 Å². The molecule has 2 N–H and O–H groups in total. The van der Waals surface area contributed by atoms with Crippen LogP contribution in [0.4, 0.5) is 5.95 Å². The Morgan fingerprint density at radius 3 is 2.91 bits per heavy atom. The third-order valence-electron chi connectivity index (χ3n) is 3.97. The third kappa shape index (κ3) is 3.79. The predicted octanol–water partition coefficient (Wildman–Crippen LogP) is 1.80. The summed E-state index contributed by atoms with van der Waals surface area (Å²) in [5.41, 5.74) is 1.15. The highest BCUT2D eigenvalue weighted by molar-refractivity contribution is 5.24. The molecule has 0 radical (unpaired) electrons. The van der Waals surface area contributed by atoms with Gasteiger partial charge in [-0.25, -0.2) is 15.0 Å². The van der Waals surface area contributed by atoms with Crippen molar-refractivity contribution < 1.29 is 0 Å². The normalized spacial score (nSPS) is 19.2. The van der Waals surface area contributed by atoms with E-state index in [0.717, 1.165) is 44.0 Å². The highest BCUT2D eigenvalue weighted by atomic mass is 15.2. The number of rotatable bonds is 6. The molecule has 22 heavy (non-hydrogen) atoms. The van der Waals surface area contributed by atoms with E-state index < -0.39 is 0 Å². The Hall–Kier alpha value is -2.02. The van der Waals surface area contributed by atoms with Crippen LogP contribution in [0.1, 0.15) is 43.5 Å². The van der Waals surface area contributed by atoms with Crippen molar-refractivity contribution >= 4 is 5.95 Å². The molecule has 1 fully saturated rings. The van der Waals surface area contributed by atoms with E-state index in [-0.39, 0.29) is 0 Å². The number of aromatic amines is 1. The van der Waals surface area contributed by atoms with Gasteiger partial charge in [-0.15, -0.1) is 0 Å². The molecule has 3 heterocycles. The summed E-state index contributed by atoms with van der Waals surface area (Å²) in [6, 6.07) is 0. The number of likely N-dealkylation sites (tertiary alicyclic amines) is 1. The lowest BCUT2D eigenvalue weighted by molar-refractivity contribution is 0.196. The summed E-state index contributed by atoms with van der Waals surface area (Å²) in [6.45, 7) is 6.04. The number of hydrogen-bond acceptors (Lipinski definition) is 6. The maximum atomic E-state index is 4.37. The highest BCUT2D eigenvalue weighted by Crippen LogP contribution is 2.24. The summed E-state index contributed by atoms with van der Waals surface area (Å²) in [5, 5.41) is 10.2. The van der Waals surface area contributed by atoms with Crippen molar-refractivity contribution in [3.05, 3.63) is 30.1 Å². The zero-order chi connectivity index (χ0) is 15.2. The zero-order valence-electron chi connectivity index (χ0n) is 13.0. The molecule has 0 amide bonds. The van der Waals surface area contributed by atoms with Crippen molar-refractivity contribution in [1.82, 2.24) is 30.0 Å². The van der Waals surface area contributed by atoms with E-state index in [4.69, 9.17) is 0 Å². The number of piperidine rings is 1. The molecule has 2 aromatic rings. The minimum atomic E-state index is 0.447. The molecule has 7 heteroatoms. The van der Waals surface area contributed by atoms with Crippen molar-refractivity contribution in [2.75, 3.05) is 25.0 Å². The zero-order valence-corrected chi connectivity index (χ0v) is 13.0. The Morgan fingerprint density at radius 1 is 1.32 bits per heavy atom. The second kappa shape index (κ2) is 7.31. The average molecular weight is 301 g/mol. The van der Waals surface area contributed by atoms with Crippen molar-refractivity contribution in [1.29, 1.82) is 0 Å². The van der Waals surface area contributed by atoms with Crippen molar-refractivity contribution in [2.24, 2.45) is 0 Å². The van der Waals surface area contributed by atoms with Gasteiger partial charge < -0.3 is 5.32 Å². The van der Waals surface area contributed by atoms with Gasteiger partial charge in [0.2, 0.25) is 5.95 Å². The molecule has 1 saturated heterocycles. The molecular weight excluding hydrogens is 278 g/mol. The first-order chi connectivity index (χ1) is 10.8. The topological polar surface area (TPSA) is 82.6 Å². The van der Waals surface area contributed by atoms with Gasteiger partial charge >= 0.3 is 0 Å². The van der Waals surface area contributed by atoms with E-state index in [9.17, 15) is 0 Å². The summed E-state index contributed by atoms with van der Waals surface area (Å²) >= 11 is 0. The van der Waals surface area contributed by atoms with E-state index in [2.05, 4.69) is 42.3 Å². The van der Waals surface area contributed by atoms with Crippen LogP contribution in [0.2, 0.25) is 0 Å². The van der Waals surface area contributed by atoms with Crippen LogP contribution in [0.3, 0.4) is 0 Å². The van der Waals surface area contributed by atoms with Gasteiger partial charge in [0.1, 0.15) is 12.2 Å². The van der Waals surface area contributed by atoms with Gasteiger partial charge in [0.05, 0.1) is 0 Å². The molecule has 3 rings (SSSR count). The minimum absolute atomic E-state index is 0.447. The summed E-state index contributed by atoms with van der Waals surface area (Å²) in [4.78, 5) is 15.5. The van der Waals surface area contributed by atoms with Crippen LogP contribution in [-0.2, 0) is 6.54 Å². The molecule has 0 unspecified atom stereocenters. The first-order valence-corrected chi connectivity index (χ1v) is 7.97. The van der Waals surface area contributed by atoms with E-state index in [1.165, 1.54) is 12.8 Å². The van der Waals surface area contributed by atoms with Crippen LogP contribution < -0.4 is 5.32 Å². The van der Waals surface area contributed by atoms with Crippen molar-refractivity contribution in [2.45, 2.75) is 38.6 Å². The van der Waals surface area contributed by atoms with Gasteiger partial charge in [0, 0.05) is 43.5 Å². The largest absolute Gasteiger partial charge is 0.354 e. The van der Waals surface area contributed by atoms with E-state index >= 15 is 0 Å². The molecule has 7 nitrogen and oxygen atoms in total. The summed E-state index contributed by atoms with van der Waals surface area (Å²) in [7, 11) is 0. The molecule has 2 aromatic heterocycles. The minimum Gasteiger partial charge on any atom is -0.354 e. The summed E-state index contributed by atoms with van der Waals surface area (Å²) in [6.07, 6.45) is 8.85. The predicted molar refractivity (Wildman–Crippen MR) is 84.4 cm³/mol. The van der Waals surface area contributed by atoms with E-state index in [1.54, 1.807) is 6.33 Å². The number of H-pyrrole nitrogens is 1. The Balaban J connectivity index is 1.56. The summed E-state index contributed by atoms with van der Waals surface area (Å²) < 4.78 is 0. The van der Waals surface area contributed by atoms with Gasteiger partial charge in [0.15, 0.2) is 0 Å². The Kier molecular flexibility index (Phi) is 4.95. The van der Waals surface area contributed by atoms with Crippen LogP contribution in [0.5, 0.6) is 0 Å². The fraction of sp³-hybridized carbons (Fsp3) is 0.600. The standard InChI is InChI=1S/C15H23N7/c1-2-5-16-15-17-7-12(8-18-15)9-22-6-3-4-13(10-22)14-19-11-20-21-14/h7-8,11,13H,2-6,9-10H2,1H3,(H,16,17,18)(H,19,20,21)/t13-/m1/s1.